The standard InChI is InChI=1S/C15H16N4O3/c1-10(20)12-7-13-11(6-14(12)18-5-3-4-16-18)8-17-19(13)9-15(21)22-2/h3-8,10,20H,9H2,1-2H3. The van der Waals surface area contributed by atoms with Crippen LogP contribution in [0.15, 0.2) is 36.8 Å². The smallest absolute Gasteiger partial charge is 0.327 e. The maximum atomic E-state index is 11.4. The van der Waals surface area contributed by atoms with Gasteiger partial charge in [-0.05, 0) is 25.1 Å². The Hall–Kier alpha value is -2.67. The number of esters is 1. The molecule has 0 aliphatic heterocycles. The van der Waals surface area contributed by atoms with Gasteiger partial charge < -0.3 is 9.84 Å². The number of ether oxygens (including phenoxy) is 1. The van der Waals surface area contributed by atoms with Crippen LogP contribution in [0.25, 0.3) is 16.6 Å². The molecule has 0 saturated carbocycles. The minimum Gasteiger partial charge on any atom is -0.468 e. The highest BCUT2D eigenvalue weighted by Crippen LogP contribution is 2.27. The second-order valence-corrected chi connectivity index (χ2v) is 4.97. The van der Waals surface area contributed by atoms with Gasteiger partial charge >= 0.3 is 5.97 Å². The van der Waals surface area contributed by atoms with Crippen molar-refractivity contribution < 1.29 is 14.6 Å². The molecule has 3 aromatic rings. The molecule has 0 spiro atoms. The van der Waals surface area contributed by atoms with Crippen molar-refractivity contribution in [2.24, 2.45) is 0 Å². The fourth-order valence-electron chi connectivity index (χ4n) is 2.39. The van der Waals surface area contributed by atoms with Gasteiger partial charge in [-0.1, -0.05) is 0 Å². The predicted octanol–water partition coefficient (Wildman–Crippen LogP) is 1.45. The number of benzene rings is 1. The zero-order valence-corrected chi connectivity index (χ0v) is 12.3. The van der Waals surface area contributed by atoms with E-state index in [1.807, 2.05) is 24.4 Å². The van der Waals surface area contributed by atoms with Gasteiger partial charge in [-0.15, -0.1) is 0 Å². The summed E-state index contributed by atoms with van der Waals surface area (Å²) < 4.78 is 7.92. The Kier molecular flexibility index (Phi) is 3.64. The van der Waals surface area contributed by atoms with Crippen molar-refractivity contribution in [1.29, 1.82) is 0 Å². The number of hydrogen-bond donors (Lipinski definition) is 1. The maximum Gasteiger partial charge on any atom is 0.327 e. The van der Waals surface area contributed by atoms with Crippen LogP contribution < -0.4 is 0 Å². The number of rotatable bonds is 4. The van der Waals surface area contributed by atoms with E-state index >= 15 is 0 Å². The van der Waals surface area contributed by atoms with Gasteiger partial charge in [-0.2, -0.15) is 10.2 Å². The molecule has 1 atom stereocenters. The molecule has 2 aromatic heterocycles. The van der Waals surface area contributed by atoms with E-state index in [0.717, 1.165) is 16.6 Å². The van der Waals surface area contributed by atoms with E-state index in [4.69, 9.17) is 0 Å². The van der Waals surface area contributed by atoms with E-state index in [-0.39, 0.29) is 12.5 Å². The largest absolute Gasteiger partial charge is 0.468 e. The summed E-state index contributed by atoms with van der Waals surface area (Å²) in [5.41, 5.74) is 2.25. The lowest BCUT2D eigenvalue weighted by Crippen LogP contribution is -2.12. The molecule has 7 heteroatoms. The van der Waals surface area contributed by atoms with Crippen molar-refractivity contribution in [1.82, 2.24) is 19.6 Å². The summed E-state index contributed by atoms with van der Waals surface area (Å²) in [4.78, 5) is 11.4. The lowest BCUT2D eigenvalue weighted by Gasteiger charge is -2.13. The quantitative estimate of drug-likeness (QED) is 0.737. The lowest BCUT2D eigenvalue weighted by atomic mass is 10.1. The molecule has 0 amide bonds. The molecule has 0 aliphatic rings. The summed E-state index contributed by atoms with van der Waals surface area (Å²) in [6, 6.07) is 5.54. The Bertz CT molecular complexity index is 806. The first-order valence-corrected chi connectivity index (χ1v) is 6.84. The number of aliphatic hydroxyl groups is 1. The molecule has 0 bridgehead atoms. The van der Waals surface area contributed by atoms with Crippen LogP contribution in [-0.4, -0.2) is 37.7 Å². The second-order valence-electron chi connectivity index (χ2n) is 4.97. The third-order valence-corrected chi connectivity index (χ3v) is 3.50. The molecule has 22 heavy (non-hydrogen) atoms. The first-order valence-electron chi connectivity index (χ1n) is 6.84. The summed E-state index contributed by atoms with van der Waals surface area (Å²) >= 11 is 0. The molecule has 114 valence electrons. The van der Waals surface area contributed by atoms with Gasteiger partial charge in [0, 0.05) is 23.3 Å². The zero-order chi connectivity index (χ0) is 15.7. The van der Waals surface area contributed by atoms with Crippen LogP contribution >= 0.6 is 0 Å². The van der Waals surface area contributed by atoms with Crippen LogP contribution in [0.4, 0.5) is 0 Å². The highest BCUT2D eigenvalue weighted by Gasteiger charge is 2.15. The molecule has 2 heterocycles. The maximum absolute atomic E-state index is 11.4. The first-order chi connectivity index (χ1) is 10.6. The molecule has 0 aliphatic carbocycles. The fourth-order valence-corrected chi connectivity index (χ4v) is 2.39. The molecular formula is C15H16N4O3. The molecule has 1 unspecified atom stereocenters. The van der Waals surface area contributed by atoms with E-state index in [1.165, 1.54) is 7.11 Å². The van der Waals surface area contributed by atoms with E-state index in [9.17, 15) is 9.90 Å². The van der Waals surface area contributed by atoms with Crippen molar-refractivity contribution in [2.45, 2.75) is 19.6 Å². The number of carbonyl (C=O) groups excluding carboxylic acids is 1. The predicted molar refractivity (Wildman–Crippen MR) is 79.5 cm³/mol. The lowest BCUT2D eigenvalue weighted by molar-refractivity contribution is -0.141. The SMILES string of the molecule is COC(=O)Cn1ncc2cc(-n3cccn3)c(C(C)O)cc21. The fraction of sp³-hybridized carbons (Fsp3) is 0.267. The van der Waals surface area contributed by atoms with Crippen molar-refractivity contribution in [3.8, 4) is 5.69 Å². The molecule has 1 N–H and O–H groups in total. The van der Waals surface area contributed by atoms with Gasteiger partial charge in [-0.3, -0.25) is 9.48 Å². The Morgan fingerprint density at radius 1 is 1.41 bits per heavy atom. The summed E-state index contributed by atoms with van der Waals surface area (Å²) in [6.45, 7) is 1.72. The van der Waals surface area contributed by atoms with E-state index in [1.54, 1.807) is 28.7 Å². The van der Waals surface area contributed by atoms with E-state index in [2.05, 4.69) is 14.9 Å². The van der Waals surface area contributed by atoms with E-state index in [0.29, 0.717) is 5.56 Å². The summed E-state index contributed by atoms with van der Waals surface area (Å²) in [5.74, 6) is -0.375. The minimum atomic E-state index is -0.676. The van der Waals surface area contributed by atoms with Gasteiger partial charge in [0.2, 0.25) is 0 Å². The summed E-state index contributed by atoms with van der Waals surface area (Å²) in [7, 11) is 1.34. The van der Waals surface area contributed by atoms with E-state index < -0.39 is 6.10 Å². The molecule has 7 nitrogen and oxygen atoms in total. The average molecular weight is 300 g/mol. The number of aliphatic hydroxyl groups excluding tert-OH is 1. The Labute approximate surface area is 126 Å². The van der Waals surface area contributed by atoms with Crippen molar-refractivity contribution in [3.63, 3.8) is 0 Å². The van der Waals surface area contributed by atoms with Gasteiger partial charge in [0.25, 0.3) is 0 Å². The zero-order valence-electron chi connectivity index (χ0n) is 12.3. The summed E-state index contributed by atoms with van der Waals surface area (Å²) in [6.07, 6.45) is 4.49. The van der Waals surface area contributed by atoms with Crippen LogP contribution in [-0.2, 0) is 16.1 Å². The number of carbonyl (C=O) groups is 1. The van der Waals surface area contributed by atoms with Gasteiger partial charge in [0.05, 0.1) is 30.6 Å². The monoisotopic (exact) mass is 300 g/mol. The van der Waals surface area contributed by atoms with Crippen molar-refractivity contribution in [3.05, 3.63) is 42.4 Å². The number of methoxy groups -OCH3 is 1. The van der Waals surface area contributed by atoms with Crippen molar-refractivity contribution >= 4 is 16.9 Å². The van der Waals surface area contributed by atoms with Gasteiger partial charge in [0.1, 0.15) is 6.54 Å². The molecule has 1 aromatic carbocycles. The third kappa shape index (κ3) is 2.46. The van der Waals surface area contributed by atoms with Crippen LogP contribution in [0.5, 0.6) is 0 Å². The van der Waals surface area contributed by atoms with Crippen LogP contribution in [0.3, 0.4) is 0 Å². The average Bonchev–Trinajstić information content (AvgIpc) is 3.15. The number of hydrogen-bond acceptors (Lipinski definition) is 5. The Morgan fingerprint density at radius 2 is 2.23 bits per heavy atom. The topological polar surface area (TPSA) is 82.2 Å². The number of nitrogens with zero attached hydrogens (tertiary/aromatic N) is 4. The molecule has 0 saturated heterocycles. The molecule has 3 rings (SSSR count). The Balaban J connectivity index is 2.15. The second kappa shape index (κ2) is 5.61. The first kappa shape index (κ1) is 14.3. The van der Waals surface area contributed by atoms with Crippen LogP contribution in [0.2, 0.25) is 0 Å². The minimum absolute atomic E-state index is 0.0281. The molecular weight excluding hydrogens is 284 g/mol. The molecule has 0 fully saturated rings. The van der Waals surface area contributed by atoms with Gasteiger partial charge in [-0.25, -0.2) is 4.68 Å². The highest BCUT2D eigenvalue weighted by atomic mass is 16.5. The van der Waals surface area contributed by atoms with Crippen LogP contribution in [0, 0.1) is 0 Å². The highest BCUT2D eigenvalue weighted by molar-refractivity contribution is 5.84. The van der Waals surface area contributed by atoms with Gasteiger partial charge in [0.15, 0.2) is 0 Å². The number of aromatic nitrogens is 4. The van der Waals surface area contributed by atoms with Crippen molar-refractivity contribution in [2.75, 3.05) is 7.11 Å². The Morgan fingerprint density at radius 3 is 2.86 bits per heavy atom. The normalized spacial score (nSPS) is 12.5. The number of fused-ring (bicyclic) bond motifs is 1. The molecule has 0 radical (unpaired) electrons. The summed E-state index contributed by atoms with van der Waals surface area (Å²) in [5, 5.41) is 19.3. The third-order valence-electron chi connectivity index (χ3n) is 3.50. The van der Waals surface area contributed by atoms with Crippen LogP contribution in [0.1, 0.15) is 18.6 Å².